The van der Waals surface area contributed by atoms with Gasteiger partial charge in [0.2, 0.25) is 5.78 Å². The molecule has 1 aliphatic rings. The van der Waals surface area contributed by atoms with Crippen LogP contribution < -0.4 is 0 Å². The predicted octanol–water partition coefficient (Wildman–Crippen LogP) is 3.76. The highest BCUT2D eigenvalue weighted by molar-refractivity contribution is 5.94. The third-order valence-electron chi connectivity index (χ3n) is 4.15. The maximum absolute atomic E-state index is 13.0. The second-order valence-electron chi connectivity index (χ2n) is 5.83. The second-order valence-corrected chi connectivity index (χ2v) is 5.83. The van der Waals surface area contributed by atoms with Gasteiger partial charge >= 0.3 is 0 Å². The number of hydrogen-bond acceptors (Lipinski definition) is 3. The number of aliphatic hydroxyl groups is 1. The van der Waals surface area contributed by atoms with Crippen molar-refractivity contribution in [2.24, 2.45) is 0 Å². The van der Waals surface area contributed by atoms with Crippen molar-refractivity contribution >= 4 is 5.78 Å². The molecule has 3 rings (SSSR count). The van der Waals surface area contributed by atoms with E-state index in [-0.39, 0.29) is 5.78 Å². The molecule has 3 nitrogen and oxygen atoms in total. The van der Waals surface area contributed by atoms with Crippen molar-refractivity contribution in [3.8, 4) is 0 Å². The summed E-state index contributed by atoms with van der Waals surface area (Å²) in [6.07, 6.45) is 6.51. The fourth-order valence-corrected chi connectivity index (χ4v) is 2.77. The monoisotopic (exact) mass is 320 g/mol. The van der Waals surface area contributed by atoms with Gasteiger partial charge in [0.1, 0.15) is 6.10 Å². The van der Waals surface area contributed by atoms with Crippen LogP contribution in [0.5, 0.6) is 0 Å². The first-order valence-electron chi connectivity index (χ1n) is 8.01. The van der Waals surface area contributed by atoms with Crippen LogP contribution in [0, 0.1) is 0 Å². The number of carbonyl (C=O) groups is 1. The quantitative estimate of drug-likeness (QED) is 0.881. The molecule has 0 spiro atoms. The smallest absolute Gasteiger partial charge is 0.201 e. The van der Waals surface area contributed by atoms with Crippen LogP contribution >= 0.6 is 0 Å². The van der Waals surface area contributed by atoms with Crippen LogP contribution in [0.4, 0.5) is 0 Å². The zero-order valence-electron chi connectivity index (χ0n) is 13.3. The third kappa shape index (κ3) is 3.53. The number of hydrogen-bond donors (Lipinski definition) is 1. The van der Waals surface area contributed by atoms with Crippen LogP contribution in [-0.4, -0.2) is 16.5 Å². The molecule has 3 heteroatoms. The van der Waals surface area contributed by atoms with Crippen molar-refractivity contribution < 1.29 is 14.6 Å². The zero-order chi connectivity index (χ0) is 16.8. The summed E-state index contributed by atoms with van der Waals surface area (Å²) >= 11 is 0. The number of Topliss-reactive ketones (excluding diaryl/α,β-unsaturated/α-hetero) is 1. The third-order valence-corrected chi connectivity index (χ3v) is 4.15. The Hall–Kier alpha value is -2.49. The van der Waals surface area contributed by atoms with E-state index in [1.807, 2.05) is 48.6 Å². The van der Waals surface area contributed by atoms with Crippen molar-refractivity contribution in [3.05, 3.63) is 96.1 Å². The minimum absolute atomic E-state index is 0.312. The minimum Gasteiger partial charge on any atom is -0.380 e. The second kappa shape index (κ2) is 7.39. The number of allylic oxidation sites excluding steroid dienone is 2. The first-order chi connectivity index (χ1) is 11.7. The van der Waals surface area contributed by atoms with Gasteiger partial charge in [-0.1, -0.05) is 78.9 Å². The van der Waals surface area contributed by atoms with E-state index >= 15 is 0 Å². The number of aliphatic hydroxyl groups excluding tert-OH is 1. The maximum Gasteiger partial charge on any atom is 0.201 e. The molecule has 1 aliphatic carbocycles. The minimum atomic E-state index is -1.21. The Kier molecular flexibility index (Phi) is 5.04. The van der Waals surface area contributed by atoms with Crippen molar-refractivity contribution in [1.82, 2.24) is 0 Å². The number of carbonyl (C=O) groups excluding carboxylic acids is 1. The molecule has 2 aromatic rings. The van der Waals surface area contributed by atoms with Gasteiger partial charge in [-0.05, 0) is 17.2 Å². The van der Waals surface area contributed by atoms with Crippen LogP contribution in [0.3, 0.4) is 0 Å². The van der Waals surface area contributed by atoms with Crippen molar-refractivity contribution in [2.75, 3.05) is 0 Å². The van der Waals surface area contributed by atoms with Gasteiger partial charge in [-0.3, -0.25) is 4.79 Å². The fraction of sp³-hybridized carbons (Fsp3) is 0.190. The molecule has 24 heavy (non-hydrogen) atoms. The van der Waals surface area contributed by atoms with E-state index in [0.29, 0.717) is 18.6 Å². The SMILES string of the molecule is O=C(C(O)c1ccccc1)C1(OCc2ccccc2)C=CC=CC1. The molecular formula is C21H20O3. The summed E-state index contributed by atoms with van der Waals surface area (Å²) in [5.41, 5.74) is 0.426. The molecule has 1 N–H and O–H groups in total. The van der Waals surface area contributed by atoms with Gasteiger partial charge in [0.25, 0.3) is 0 Å². The molecule has 0 aliphatic heterocycles. The Labute approximate surface area is 141 Å². The summed E-state index contributed by atoms with van der Waals surface area (Å²) in [5.74, 6) is -0.342. The number of rotatable bonds is 6. The Bertz CT molecular complexity index is 734. The Balaban J connectivity index is 1.81. The average molecular weight is 320 g/mol. The molecule has 0 aromatic heterocycles. The van der Waals surface area contributed by atoms with Gasteiger partial charge in [0.15, 0.2) is 5.60 Å². The summed E-state index contributed by atoms with van der Waals surface area (Å²) < 4.78 is 6.01. The number of ketones is 1. The van der Waals surface area contributed by atoms with Crippen molar-refractivity contribution in [1.29, 1.82) is 0 Å². The Morgan fingerprint density at radius 1 is 1.04 bits per heavy atom. The lowest BCUT2D eigenvalue weighted by Crippen LogP contribution is -2.43. The first-order valence-corrected chi connectivity index (χ1v) is 8.01. The van der Waals surface area contributed by atoms with Crippen LogP contribution in [0.25, 0.3) is 0 Å². The molecule has 0 saturated carbocycles. The summed E-state index contributed by atoms with van der Waals surface area (Å²) in [7, 11) is 0. The summed E-state index contributed by atoms with van der Waals surface area (Å²) in [4.78, 5) is 13.0. The molecule has 2 unspecified atom stereocenters. The molecule has 0 bridgehead atoms. The van der Waals surface area contributed by atoms with Gasteiger partial charge in [0.05, 0.1) is 6.61 Å². The van der Waals surface area contributed by atoms with E-state index in [2.05, 4.69) is 0 Å². The van der Waals surface area contributed by atoms with E-state index in [0.717, 1.165) is 5.56 Å². The standard InChI is InChI=1S/C21H20O3/c22-19(18-12-6-2-7-13-18)20(23)21(14-8-3-9-15-21)24-16-17-10-4-1-5-11-17/h1-14,19,22H,15-16H2. The maximum atomic E-state index is 13.0. The van der Waals surface area contributed by atoms with Crippen LogP contribution in [0.1, 0.15) is 23.7 Å². The van der Waals surface area contributed by atoms with Gasteiger partial charge < -0.3 is 9.84 Å². The number of ether oxygens (including phenoxy) is 1. The Morgan fingerprint density at radius 2 is 1.71 bits per heavy atom. The average Bonchev–Trinajstić information content (AvgIpc) is 2.67. The highest BCUT2D eigenvalue weighted by Gasteiger charge is 2.40. The lowest BCUT2D eigenvalue weighted by atomic mass is 9.85. The summed E-state index contributed by atoms with van der Waals surface area (Å²) in [6.45, 7) is 0.312. The van der Waals surface area contributed by atoms with Crippen LogP contribution in [0.2, 0.25) is 0 Å². The van der Waals surface area contributed by atoms with Gasteiger partial charge in [-0.25, -0.2) is 0 Å². The van der Waals surface area contributed by atoms with Crippen molar-refractivity contribution in [3.63, 3.8) is 0 Å². The molecule has 0 radical (unpaired) electrons. The normalized spacial score (nSPS) is 20.7. The van der Waals surface area contributed by atoms with E-state index in [9.17, 15) is 9.90 Å². The lowest BCUT2D eigenvalue weighted by Gasteiger charge is -2.32. The molecule has 0 heterocycles. The van der Waals surface area contributed by atoms with Gasteiger partial charge in [-0.2, -0.15) is 0 Å². The largest absolute Gasteiger partial charge is 0.380 e. The molecule has 122 valence electrons. The van der Waals surface area contributed by atoms with E-state index in [4.69, 9.17) is 4.74 Å². The zero-order valence-corrected chi connectivity index (χ0v) is 13.3. The van der Waals surface area contributed by atoms with E-state index in [1.165, 1.54) is 0 Å². The molecular weight excluding hydrogens is 300 g/mol. The molecule has 2 aromatic carbocycles. The molecule has 0 fully saturated rings. The fourth-order valence-electron chi connectivity index (χ4n) is 2.77. The van der Waals surface area contributed by atoms with E-state index < -0.39 is 11.7 Å². The summed E-state index contributed by atoms with van der Waals surface area (Å²) in [6, 6.07) is 18.7. The summed E-state index contributed by atoms with van der Waals surface area (Å²) in [5, 5.41) is 10.5. The van der Waals surface area contributed by atoms with Gasteiger partial charge in [0, 0.05) is 6.42 Å². The topological polar surface area (TPSA) is 46.5 Å². The highest BCUT2D eigenvalue weighted by Crippen LogP contribution is 2.31. The first kappa shape index (κ1) is 16.4. The van der Waals surface area contributed by atoms with Crippen LogP contribution in [-0.2, 0) is 16.1 Å². The highest BCUT2D eigenvalue weighted by atomic mass is 16.5. The van der Waals surface area contributed by atoms with Gasteiger partial charge in [-0.15, -0.1) is 0 Å². The molecule has 0 saturated heterocycles. The van der Waals surface area contributed by atoms with E-state index in [1.54, 1.807) is 36.4 Å². The van der Waals surface area contributed by atoms with Crippen LogP contribution in [0.15, 0.2) is 85.0 Å². The van der Waals surface area contributed by atoms with Crippen molar-refractivity contribution in [2.45, 2.75) is 24.7 Å². The lowest BCUT2D eigenvalue weighted by molar-refractivity contribution is -0.149. The Morgan fingerprint density at radius 3 is 2.33 bits per heavy atom. The number of benzene rings is 2. The molecule has 2 atom stereocenters. The molecule has 0 amide bonds. The predicted molar refractivity (Wildman–Crippen MR) is 93.3 cm³/mol.